The molecule has 3 aromatic carbocycles. The molecule has 7 heteroatoms. The van der Waals surface area contributed by atoms with Crippen molar-refractivity contribution in [1.29, 1.82) is 0 Å². The summed E-state index contributed by atoms with van der Waals surface area (Å²) in [7, 11) is -3.53. The number of para-hydroxylation sites is 1. The summed E-state index contributed by atoms with van der Waals surface area (Å²) in [4.78, 5) is 6.16. The molecule has 0 amide bonds. The summed E-state index contributed by atoms with van der Waals surface area (Å²) in [6.07, 6.45) is 2.85. The summed E-state index contributed by atoms with van der Waals surface area (Å²) in [5.41, 5.74) is 4.02. The SMILES string of the molecule is C[C@@H]1CCCN(S(=O)(=O)c2cccc(-c3csc(=Nc4ccccc4)n3CCc3ccccc3)c2)C1. The van der Waals surface area contributed by atoms with Crippen LogP contribution in [0.25, 0.3) is 11.3 Å². The summed E-state index contributed by atoms with van der Waals surface area (Å²) in [6.45, 7) is 4.04. The van der Waals surface area contributed by atoms with Crippen molar-refractivity contribution in [3.63, 3.8) is 0 Å². The molecular weight excluding hydrogens is 486 g/mol. The molecule has 1 fully saturated rings. The average molecular weight is 518 g/mol. The van der Waals surface area contributed by atoms with Crippen LogP contribution in [0, 0.1) is 5.92 Å². The molecule has 186 valence electrons. The zero-order valence-electron chi connectivity index (χ0n) is 20.5. The summed E-state index contributed by atoms with van der Waals surface area (Å²) >= 11 is 1.58. The second-order valence-corrected chi connectivity index (χ2v) is 12.2. The Balaban J connectivity index is 1.53. The summed E-state index contributed by atoms with van der Waals surface area (Å²) in [5.74, 6) is 0.385. The molecule has 1 aromatic heterocycles. The number of hydrogen-bond donors (Lipinski definition) is 0. The van der Waals surface area contributed by atoms with E-state index in [9.17, 15) is 8.42 Å². The lowest BCUT2D eigenvalue weighted by atomic mass is 10.0. The summed E-state index contributed by atoms with van der Waals surface area (Å²) < 4.78 is 30.8. The van der Waals surface area contributed by atoms with Gasteiger partial charge in [-0.2, -0.15) is 4.31 Å². The Morgan fingerprint density at radius 3 is 2.47 bits per heavy atom. The fourth-order valence-electron chi connectivity index (χ4n) is 4.69. The van der Waals surface area contributed by atoms with Crippen molar-refractivity contribution in [2.24, 2.45) is 10.9 Å². The number of sulfonamides is 1. The van der Waals surface area contributed by atoms with Gasteiger partial charge in [0, 0.05) is 30.6 Å². The minimum absolute atomic E-state index is 0.358. The fourth-order valence-corrected chi connectivity index (χ4v) is 7.29. The molecule has 2 heterocycles. The summed E-state index contributed by atoms with van der Waals surface area (Å²) in [6, 6.07) is 27.7. The van der Waals surface area contributed by atoms with Crippen molar-refractivity contribution in [2.75, 3.05) is 13.1 Å². The fraction of sp³-hybridized carbons (Fsp3) is 0.276. The van der Waals surface area contributed by atoms with Crippen LogP contribution in [0.15, 0.2) is 100 Å². The minimum atomic E-state index is -3.53. The van der Waals surface area contributed by atoms with Crippen LogP contribution in [0.5, 0.6) is 0 Å². The van der Waals surface area contributed by atoms with Crippen LogP contribution in [0.4, 0.5) is 5.69 Å². The zero-order valence-corrected chi connectivity index (χ0v) is 22.1. The number of hydrogen-bond acceptors (Lipinski definition) is 4. The lowest BCUT2D eigenvalue weighted by Gasteiger charge is -2.30. The van der Waals surface area contributed by atoms with Crippen LogP contribution >= 0.6 is 11.3 Å². The third kappa shape index (κ3) is 5.53. The van der Waals surface area contributed by atoms with Gasteiger partial charge < -0.3 is 4.57 Å². The van der Waals surface area contributed by atoms with Gasteiger partial charge >= 0.3 is 0 Å². The van der Waals surface area contributed by atoms with Gasteiger partial charge in [-0.25, -0.2) is 13.4 Å². The third-order valence-electron chi connectivity index (χ3n) is 6.63. The Labute approximate surface area is 217 Å². The third-order valence-corrected chi connectivity index (χ3v) is 9.36. The van der Waals surface area contributed by atoms with Gasteiger partial charge in [-0.3, -0.25) is 0 Å². The predicted molar refractivity (Wildman–Crippen MR) is 147 cm³/mol. The zero-order chi connectivity index (χ0) is 25.0. The van der Waals surface area contributed by atoms with E-state index < -0.39 is 10.0 Å². The largest absolute Gasteiger partial charge is 0.316 e. The van der Waals surface area contributed by atoms with E-state index in [4.69, 9.17) is 4.99 Å². The van der Waals surface area contributed by atoms with Crippen molar-refractivity contribution < 1.29 is 8.42 Å². The topological polar surface area (TPSA) is 54.7 Å². The van der Waals surface area contributed by atoms with Gasteiger partial charge in [-0.05, 0) is 55.0 Å². The maximum Gasteiger partial charge on any atom is 0.243 e. The quantitative estimate of drug-likeness (QED) is 0.297. The minimum Gasteiger partial charge on any atom is -0.316 e. The molecule has 0 unspecified atom stereocenters. The molecule has 1 atom stereocenters. The molecule has 1 aliphatic heterocycles. The van der Waals surface area contributed by atoms with Gasteiger partial charge in [-0.15, -0.1) is 11.3 Å². The Morgan fingerprint density at radius 2 is 1.72 bits per heavy atom. The van der Waals surface area contributed by atoms with Gasteiger partial charge in [0.2, 0.25) is 10.0 Å². The molecule has 1 saturated heterocycles. The molecule has 0 saturated carbocycles. The second kappa shape index (κ2) is 10.9. The normalized spacial score (nSPS) is 17.4. The Bertz CT molecular complexity index is 1480. The molecule has 5 nitrogen and oxygen atoms in total. The van der Waals surface area contributed by atoms with Crippen LogP contribution in [0.3, 0.4) is 0 Å². The van der Waals surface area contributed by atoms with E-state index in [0.717, 1.165) is 47.6 Å². The monoisotopic (exact) mass is 517 g/mol. The summed E-state index contributed by atoms with van der Waals surface area (Å²) in [5, 5.41) is 2.08. The van der Waals surface area contributed by atoms with Crippen molar-refractivity contribution in [2.45, 2.75) is 37.6 Å². The van der Waals surface area contributed by atoms with E-state index in [1.165, 1.54) is 5.56 Å². The number of nitrogens with zero attached hydrogens (tertiary/aromatic N) is 3. The number of aryl methyl sites for hydroxylation is 1. The highest BCUT2D eigenvalue weighted by atomic mass is 32.2. The van der Waals surface area contributed by atoms with Crippen LogP contribution < -0.4 is 4.80 Å². The molecule has 0 spiro atoms. The van der Waals surface area contributed by atoms with E-state index in [0.29, 0.717) is 23.9 Å². The van der Waals surface area contributed by atoms with Gasteiger partial charge in [-0.1, -0.05) is 67.6 Å². The number of aromatic nitrogens is 1. The van der Waals surface area contributed by atoms with Crippen molar-refractivity contribution in [3.05, 3.63) is 101 Å². The van der Waals surface area contributed by atoms with Gasteiger partial charge in [0.05, 0.1) is 16.3 Å². The maximum absolute atomic E-state index is 13.5. The first-order chi connectivity index (χ1) is 17.5. The van der Waals surface area contributed by atoms with Crippen molar-refractivity contribution in [3.8, 4) is 11.3 Å². The molecular formula is C29H31N3O2S2. The Morgan fingerprint density at radius 1 is 0.972 bits per heavy atom. The first-order valence-corrected chi connectivity index (χ1v) is 14.8. The van der Waals surface area contributed by atoms with Crippen LogP contribution in [0.1, 0.15) is 25.3 Å². The highest BCUT2D eigenvalue weighted by Crippen LogP contribution is 2.28. The lowest BCUT2D eigenvalue weighted by molar-refractivity contribution is 0.281. The van der Waals surface area contributed by atoms with Gasteiger partial charge in [0.15, 0.2) is 4.80 Å². The first kappa shape index (κ1) is 24.7. The number of benzene rings is 3. The van der Waals surface area contributed by atoms with Crippen molar-refractivity contribution >= 4 is 27.0 Å². The highest BCUT2D eigenvalue weighted by Gasteiger charge is 2.29. The number of piperidine rings is 1. The molecule has 0 radical (unpaired) electrons. The molecule has 0 aliphatic carbocycles. The predicted octanol–water partition coefficient (Wildman–Crippen LogP) is 6.11. The van der Waals surface area contributed by atoms with E-state index >= 15 is 0 Å². The van der Waals surface area contributed by atoms with Gasteiger partial charge in [0.25, 0.3) is 0 Å². The molecule has 36 heavy (non-hydrogen) atoms. The van der Waals surface area contributed by atoms with Crippen LogP contribution in [-0.2, 0) is 23.0 Å². The smallest absolute Gasteiger partial charge is 0.243 e. The Hall–Kier alpha value is -3.00. The number of thiazole rings is 1. The highest BCUT2D eigenvalue weighted by molar-refractivity contribution is 7.89. The molecule has 0 bridgehead atoms. The average Bonchev–Trinajstić information content (AvgIpc) is 3.31. The van der Waals surface area contributed by atoms with E-state index in [1.807, 2.05) is 54.6 Å². The van der Waals surface area contributed by atoms with Crippen LogP contribution in [0.2, 0.25) is 0 Å². The first-order valence-electron chi connectivity index (χ1n) is 12.4. The molecule has 0 N–H and O–H groups in total. The number of rotatable bonds is 7. The maximum atomic E-state index is 13.5. The molecule has 1 aliphatic rings. The molecule has 4 aromatic rings. The lowest BCUT2D eigenvalue weighted by Crippen LogP contribution is -2.39. The molecule has 5 rings (SSSR count). The van der Waals surface area contributed by atoms with Crippen molar-refractivity contribution in [1.82, 2.24) is 8.87 Å². The van der Waals surface area contributed by atoms with E-state index in [-0.39, 0.29) is 0 Å². The van der Waals surface area contributed by atoms with Gasteiger partial charge in [0.1, 0.15) is 0 Å². The Kier molecular flexibility index (Phi) is 7.51. The van der Waals surface area contributed by atoms with E-state index in [1.54, 1.807) is 21.7 Å². The standard InChI is InChI=1S/C29H31N3O2S2/c1-23-10-9-18-31(21-23)36(33,34)27-16-8-13-25(20-27)28-22-35-29(30-26-14-6-3-7-15-26)32(28)19-17-24-11-4-2-5-12-24/h2-8,11-16,20,22-23H,9-10,17-19,21H2,1H3/t23-/m1/s1. The van der Waals surface area contributed by atoms with E-state index in [2.05, 4.69) is 41.1 Å². The van der Waals surface area contributed by atoms with Crippen LogP contribution in [-0.4, -0.2) is 30.4 Å². The second-order valence-electron chi connectivity index (χ2n) is 9.38.